The van der Waals surface area contributed by atoms with Crippen LogP contribution in [0.3, 0.4) is 0 Å². The van der Waals surface area contributed by atoms with Crippen LogP contribution in [-0.4, -0.2) is 51.6 Å². The van der Waals surface area contributed by atoms with Gasteiger partial charge in [0, 0.05) is 29.2 Å². The summed E-state index contributed by atoms with van der Waals surface area (Å²) in [5.74, 6) is -1.13. The molecule has 0 aromatic heterocycles. The molecular formula is C20H20ClNO7S. The molecule has 4 rings (SSSR count). The Balaban J connectivity index is 1.69. The summed E-state index contributed by atoms with van der Waals surface area (Å²) in [6.45, 7) is 1.73. The van der Waals surface area contributed by atoms with Crippen LogP contribution in [0.1, 0.15) is 23.7 Å². The number of benzene rings is 1. The highest BCUT2D eigenvalue weighted by atomic mass is 35.5. The van der Waals surface area contributed by atoms with Crippen molar-refractivity contribution in [3.05, 3.63) is 39.9 Å². The second-order valence-corrected chi connectivity index (χ2v) is 9.82. The van der Waals surface area contributed by atoms with Crippen molar-refractivity contribution in [1.82, 2.24) is 5.32 Å². The number of rotatable bonds is 4. The summed E-state index contributed by atoms with van der Waals surface area (Å²) in [7, 11) is -0.410. The molecule has 3 aliphatic rings. The van der Waals surface area contributed by atoms with E-state index in [0.29, 0.717) is 12.1 Å². The lowest BCUT2D eigenvalue weighted by atomic mass is 9.74. The van der Waals surface area contributed by atoms with Crippen molar-refractivity contribution in [2.24, 2.45) is 5.92 Å². The number of allylic oxidation sites excluding steroid dienone is 1. The van der Waals surface area contributed by atoms with Crippen LogP contribution in [0.25, 0.3) is 0 Å². The summed E-state index contributed by atoms with van der Waals surface area (Å²) in [5, 5.41) is 4.31. The number of halogens is 1. The SMILES string of the molecule is COc1cc(OC)c2c(c1Cl)O[C@@]1(C(=O)C=C(N[C@H]3C=CS(=O)(=O)C3)C[C@H]1C)C2=O. The number of Topliss-reactive ketones (excluding diaryl/α,β-unsaturated/α-hetero) is 1. The second kappa shape index (κ2) is 7.02. The molecule has 2 heterocycles. The van der Waals surface area contributed by atoms with Crippen molar-refractivity contribution in [3.8, 4) is 17.2 Å². The zero-order valence-electron chi connectivity index (χ0n) is 16.5. The predicted molar refractivity (Wildman–Crippen MR) is 109 cm³/mol. The molecule has 0 saturated heterocycles. The average molecular weight is 454 g/mol. The number of sulfone groups is 1. The average Bonchev–Trinajstić information content (AvgIpc) is 3.19. The Kier molecular flexibility index (Phi) is 4.85. The summed E-state index contributed by atoms with van der Waals surface area (Å²) >= 11 is 6.35. The first kappa shape index (κ1) is 20.7. The molecule has 0 amide bonds. The maximum Gasteiger partial charge on any atom is 0.236 e. The largest absolute Gasteiger partial charge is 0.496 e. The molecule has 1 N–H and O–H groups in total. The molecule has 8 nitrogen and oxygen atoms in total. The number of ketones is 2. The Labute approximate surface area is 178 Å². The van der Waals surface area contributed by atoms with Gasteiger partial charge in [-0.3, -0.25) is 9.59 Å². The molecular weight excluding hydrogens is 434 g/mol. The summed E-state index contributed by atoms with van der Waals surface area (Å²) in [5.41, 5.74) is -1.10. The Morgan fingerprint density at radius 2 is 1.93 bits per heavy atom. The van der Waals surface area contributed by atoms with Crippen LogP contribution in [0.4, 0.5) is 0 Å². The maximum absolute atomic E-state index is 13.4. The minimum atomic E-state index is -3.23. The van der Waals surface area contributed by atoms with E-state index in [9.17, 15) is 18.0 Å². The number of carbonyl (C=O) groups is 2. The van der Waals surface area contributed by atoms with Crippen LogP contribution in [-0.2, 0) is 14.6 Å². The van der Waals surface area contributed by atoms with E-state index >= 15 is 0 Å². The van der Waals surface area contributed by atoms with Crippen molar-refractivity contribution >= 4 is 33.0 Å². The lowest BCUT2D eigenvalue weighted by molar-refractivity contribution is -0.129. The van der Waals surface area contributed by atoms with E-state index in [-0.39, 0.29) is 33.6 Å². The molecule has 1 spiro atoms. The van der Waals surface area contributed by atoms with Gasteiger partial charge in [-0.25, -0.2) is 8.42 Å². The van der Waals surface area contributed by atoms with E-state index in [2.05, 4.69) is 5.32 Å². The first-order valence-corrected chi connectivity index (χ1v) is 11.3. The maximum atomic E-state index is 13.4. The molecule has 0 saturated carbocycles. The standard InChI is InChI=1S/C20H20ClNO7S/c1-10-6-12(22-11-4-5-30(25,26)9-11)7-15(23)20(10)19(24)16-13(27-2)8-14(28-3)17(21)18(16)29-20/h4-5,7-8,10-11,22H,6,9H2,1-3H3/t10-,11+,20+/m1/s1. The Morgan fingerprint density at radius 3 is 2.50 bits per heavy atom. The molecule has 0 unspecified atom stereocenters. The summed E-state index contributed by atoms with van der Waals surface area (Å²) < 4.78 is 39.7. The van der Waals surface area contributed by atoms with Gasteiger partial charge in [-0.15, -0.1) is 0 Å². The van der Waals surface area contributed by atoms with Gasteiger partial charge in [0.2, 0.25) is 17.2 Å². The third-order valence-electron chi connectivity index (χ3n) is 5.61. The summed E-state index contributed by atoms with van der Waals surface area (Å²) in [4.78, 5) is 26.6. The van der Waals surface area contributed by atoms with Gasteiger partial charge in [0.05, 0.1) is 26.0 Å². The fourth-order valence-corrected chi connectivity index (χ4v) is 5.63. The third kappa shape index (κ3) is 2.99. The molecule has 0 radical (unpaired) electrons. The highest BCUT2D eigenvalue weighted by Crippen LogP contribution is 2.52. The highest BCUT2D eigenvalue weighted by Gasteiger charge is 2.60. The van der Waals surface area contributed by atoms with Crippen LogP contribution >= 0.6 is 11.6 Å². The first-order valence-electron chi connectivity index (χ1n) is 9.23. The van der Waals surface area contributed by atoms with Crippen molar-refractivity contribution in [3.63, 3.8) is 0 Å². The predicted octanol–water partition coefficient (Wildman–Crippen LogP) is 2.06. The van der Waals surface area contributed by atoms with Crippen molar-refractivity contribution in [2.45, 2.75) is 25.0 Å². The fourth-order valence-electron chi connectivity index (χ4n) is 4.13. The normalized spacial score (nSPS) is 28.9. The molecule has 30 heavy (non-hydrogen) atoms. The lowest BCUT2D eigenvalue weighted by Crippen LogP contribution is -2.55. The second-order valence-electron chi connectivity index (χ2n) is 7.51. The van der Waals surface area contributed by atoms with Gasteiger partial charge in [-0.2, -0.15) is 0 Å². The van der Waals surface area contributed by atoms with Crippen LogP contribution in [0.2, 0.25) is 5.02 Å². The minimum absolute atomic E-state index is 0.0627. The third-order valence-corrected chi connectivity index (χ3v) is 7.36. The van der Waals surface area contributed by atoms with Gasteiger partial charge in [-0.05, 0) is 6.42 Å². The quantitative estimate of drug-likeness (QED) is 0.690. The smallest absolute Gasteiger partial charge is 0.236 e. The first-order chi connectivity index (χ1) is 14.1. The number of ether oxygens (including phenoxy) is 3. The van der Waals surface area contributed by atoms with E-state index in [0.717, 1.165) is 5.41 Å². The van der Waals surface area contributed by atoms with Crippen LogP contribution in [0.5, 0.6) is 17.2 Å². The van der Waals surface area contributed by atoms with Crippen LogP contribution in [0, 0.1) is 5.92 Å². The van der Waals surface area contributed by atoms with Gasteiger partial charge < -0.3 is 19.5 Å². The zero-order valence-corrected chi connectivity index (χ0v) is 18.1. The molecule has 1 aromatic carbocycles. The van der Waals surface area contributed by atoms with E-state index < -0.39 is 39.0 Å². The van der Waals surface area contributed by atoms with Gasteiger partial charge in [0.1, 0.15) is 22.1 Å². The number of methoxy groups -OCH3 is 2. The van der Waals surface area contributed by atoms with Crippen molar-refractivity contribution in [2.75, 3.05) is 20.0 Å². The monoisotopic (exact) mass is 453 g/mol. The molecule has 1 aromatic rings. The fraction of sp³-hybridized carbons (Fsp3) is 0.400. The molecule has 2 aliphatic heterocycles. The van der Waals surface area contributed by atoms with E-state index in [1.807, 2.05) is 0 Å². The zero-order chi connectivity index (χ0) is 21.8. The van der Waals surface area contributed by atoms with Gasteiger partial charge >= 0.3 is 0 Å². The van der Waals surface area contributed by atoms with Crippen LogP contribution < -0.4 is 19.5 Å². The number of hydrogen-bond donors (Lipinski definition) is 1. The van der Waals surface area contributed by atoms with Crippen LogP contribution in [0.15, 0.2) is 29.3 Å². The minimum Gasteiger partial charge on any atom is -0.496 e. The summed E-state index contributed by atoms with van der Waals surface area (Å²) in [6.07, 6.45) is 3.16. The number of hydrogen-bond acceptors (Lipinski definition) is 8. The van der Waals surface area contributed by atoms with Crippen molar-refractivity contribution < 1.29 is 32.2 Å². The van der Waals surface area contributed by atoms with Gasteiger partial charge in [0.25, 0.3) is 0 Å². The number of fused-ring (bicyclic) bond motifs is 1. The van der Waals surface area contributed by atoms with Crippen molar-refractivity contribution in [1.29, 1.82) is 0 Å². The van der Waals surface area contributed by atoms with E-state index in [1.54, 1.807) is 13.0 Å². The van der Waals surface area contributed by atoms with Gasteiger partial charge in [-0.1, -0.05) is 24.6 Å². The highest BCUT2D eigenvalue weighted by molar-refractivity contribution is 7.94. The molecule has 1 aliphatic carbocycles. The molecule has 3 atom stereocenters. The molecule has 10 heteroatoms. The van der Waals surface area contributed by atoms with E-state index in [1.165, 1.54) is 26.4 Å². The Hall–Kier alpha value is -2.52. The Bertz CT molecular complexity index is 1120. The molecule has 0 fully saturated rings. The molecule has 0 bridgehead atoms. The van der Waals surface area contributed by atoms with Gasteiger partial charge in [0.15, 0.2) is 15.6 Å². The molecule has 160 valence electrons. The number of nitrogens with one attached hydrogen (secondary N) is 1. The van der Waals surface area contributed by atoms with E-state index in [4.69, 9.17) is 25.8 Å². The lowest BCUT2D eigenvalue weighted by Gasteiger charge is -2.35. The number of carbonyl (C=O) groups excluding carboxylic acids is 2. The Morgan fingerprint density at radius 1 is 1.23 bits per heavy atom. The topological polar surface area (TPSA) is 108 Å². The summed E-state index contributed by atoms with van der Waals surface area (Å²) in [6, 6.07) is 1.06.